The maximum Gasteiger partial charge on any atom is 0.248 e. The summed E-state index contributed by atoms with van der Waals surface area (Å²) < 4.78 is 1.51. The number of carbonyl (C=O) groups is 1. The molecular formula is C17H14ClN5O. The molecular weight excluding hydrogens is 326 g/mol. The first-order valence-electron chi connectivity index (χ1n) is 7.20. The lowest BCUT2D eigenvalue weighted by atomic mass is 10.1. The molecule has 120 valence electrons. The van der Waals surface area contributed by atoms with Gasteiger partial charge in [0, 0.05) is 16.8 Å². The summed E-state index contributed by atoms with van der Waals surface area (Å²) in [6.07, 6.45) is 4.67. The third-order valence-corrected chi connectivity index (χ3v) is 3.76. The second kappa shape index (κ2) is 7.06. The highest BCUT2D eigenvalue weighted by Gasteiger charge is 2.02. The molecule has 3 rings (SSSR count). The number of hydrogen-bond acceptors (Lipinski definition) is 4. The number of amides is 1. The van der Waals surface area contributed by atoms with Crippen LogP contribution < -0.4 is 5.32 Å². The first-order chi connectivity index (χ1) is 11.6. The van der Waals surface area contributed by atoms with Crippen LogP contribution in [0.3, 0.4) is 0 Å². The number of nitrogens with zero attached hydrogens (tertiary/aromatic N) is 4. The van der Waals surface area contributed by atoms with E-state index in [2.05, 4.69) is 20.8 Å². The molecule has 6 nitrogen and oxygen atoms in total. The van der Waals surface area contributed by atoms with Gasteiger partial charge in [-0.2, -0.15) is 0 Å². The van der Waals surface area contributed by atoms with Gasteiger partial charge >= 0.3 is 0 Å². The number of carbonyl (C=O) groups excluding carboxylic acids is 1. The molecule has 0 bridgehead atoms. The Hall–Kier alpha value is -2.99. The molecule has 24 heavy (non-hydrogen) atoms. The number of aromatic nitrogens is 4. The Kier molecular flexibility index (Phi) is 4.67. The van der Waals surface area contributed by atoms with Crippen molar-refractivity contribution in [3.63, 3.8) is 0 Å². The minimum absolute atomic E-state index is 0.236. The third kappa shape index (κ3) is 3.85. The molecule has 1 amide bonds. The van der Waals surface area contributed by atoms with E-state index in [0.29, 0.717) is 10.7 Å². The molecule has 1 heterocycles. The van der Waals surface area contributed by atoms with Crippen LogP contribution in [0.2, 0.25) is 5.02 Å². The zero-order chi connectivity index (χ0) is 16.9. The number of nitrogens with one attached hydrogen (secondary N) is 1. The largest absolute Gasteiger partial charge is 0.322 e. The van der Waals surface area contributed by atoms with Crippen molar-refractivity contribution in [2.24, 2.45) is 0 Å². The predicted octanol–water partition coefficient (Wildman–Crippen LogP) is 3.28. The van der Waals surface area contributed by atoms with E-state index in [1.54, 1.807) is 18.2 Å². The molecule has 0 spiro atoms. The normalized spacial score (nSPS) is 10.9. The second-order valence-electron chi connectivity index (χ2n) is 5.14. The highest BCUT2D eigenvalue weighted by molar-refractivity contribution is 6.31. The smallest absolute Gasteiger partial charge is 0.248 e. The molecule has 7 heteroatoms. The average Bonchev–Trinajstić information content (AvgIpc) is 3.11. The topological polar surface area (TPSA) is 72.7 Å². The van der Waals surface area contributed by atoms with Crippen molar-refractivity contribution in [2.45, 2.75) is 6.92 Å². The number of tetrazole rings is 1. The van der Waals surface area contributed by atoms with Gasteiger partial charge in [0.25, 0.3) is 0 Å². The Bertz CT molecular complexity index is 890. The fourth-order valence-corrected chi connectivity index (χ4v) is 2.26. The molecule has 0 fully saturated rings. The van der Waals surface area contributed by atoms with Crippen LogP contribution in [0.1, 0.15) is 11.1 Å². The van der Waals surface area contributed by atoms with E-state index in [1.807, 2.05) is 37.3 Å². The lowest BCUT2D eigenvalue weighted by Crippen LogP contribution is -2.08. The number of hydrogen-bond donors (Lipinski definition) is 1. The van der Waals surface area contributed by atoms with Gasteiger partial charge in [-0.3, -0.25) is 4.79 Å². The minimum Gasteiger partial charge on any atom is -0.322 e. The van der Waals surface area contributed by atoms with E-state index in [1.165, 1.54) is 17.1 Å². The Labute approximate surface area is 143 Å². The SMILES string of the molecule is Cc1ccc(/C=C/C(=O)Nc2cccc(-n3cnnn3)c2)cc1Cl. The van der Waals surface area contributed by atoms with Gasteiger partial charge in [0.2, 0.25) is 5.91 Å². The van der Waals surface area contributed by atoms with Crippen molar-refractivity contribution in [1.82, 2.24) is 20.2 Å². The van der Waals surface area contributed by atoms with Gasteiger partial charge in [0.15, 0.2) is 0 Å². The summed E-state index contributed by atoms with van der Waals surface area (Å²) in [6, 6.07) is 12.9. The van der Waals surface area contributed by atoms with E-state index < -0.39 is 0 Å². The zero-order valence-electron chi connectivity index (χ0n) is 12.8. The standard InChI is InChI=1S/C17H14ClN5O/c1-12-5-6-13(9-16(12)18)7-8-17(24)20-14-3-2-4-15(10-14)23-11-19-21-22-23/h2-11H,1H3,(H,20,24)/b8-7+. The summed E-state index contributed by atoms with van der Waals surface area (Å²) in [5.41, 5.74) is 3.27. The molecule has 0 aliphatic heterocycles. The molecule has 1 aromatic heterocycles. The summed E-state index contributed by atoms with van der Waals surface area (Å²) in [5.74, 6) is -0.236. The van der Waals surface area contributed by atoms with E-state index in [-0.39, 0.29) is 5.91 Å². The molecule has 0 aliphatic rings. The van der Waals surface area contributed by atoms with Crippen LogP contribution in [0.4, 0.5) is 5.69 Å². The Balaban J connectivity index is 1.69. The van der Waals surface area contributed by atoms with Crippen molar-refractivity contribution in [1.29, 1.82) is 0 Å². The fraction of sp³-hybridized carbons (Fsp3) is 0.0588. The van der Waals surface area contributed by atoms with E-state index >= 15 is 0 Å². The molecule has 3 aromatic rings. The lowest BCUT2D eigenvalue weighted by Gasteiger charge is -2.05. The minimum atomic E-state index is -0.236. The van der Waals surface area contributed by atoms with E-state index in [9.17, 15) is 4.79 Å². The maximum atomic E-state index is 12.1. The van der Waals surface area contributed by atoms with Gasteiger partial charge in [-0.1, -0.05) is 29.8 Å². The maximum absolute atomic E-state index is 12.1. The number of halogens is 1. The Morgan fingerprint density at radius 1 is 1.25 bits per heavy atom. The Morgan fingerprint density at radius 3 is 2.88 bits per heavy atom. The summed E-state index contributed by atoms with van der Waals surface area (Å²) in [4.78, 5) is 12.1. The molecule has 0 radical (unpaired) electrons. The highest BCUT2D eigenvalue weighted by atomic mass is 35.5. The first-order valence-corrected chi connectivity index (χ1v) is 7.58. The van der Waals surface area contributed by atoms with Crippen molar-refractivity contribution in [3.8, 4) is 5.69 Å². The quantitative estimate of drug-likeness (QED) is 0.740. The zero-order valence-corrected chi connectivity index (χ0v) is 13.6. The van der Waals surface area contributed by atoms with Crippen LogP contribution in [-0.2, 0) is 4.79 Å². The van der Waals surface area contributed by atoms with Crippen LogP contribution >= 0.6 is 11.6 Å². The summed E-state index contributed by atoms with van der Waals surface area (Å²) >= 11 is 6.07. The molecule has 2 aromatic carbocycles. The van der Waals surface area contributed by atoms with Crippen LogP contribution in [-0.4, -0.2) is 26.1 Å². The lowest BCUT2D eigenvalue weighted by molar-refractivity contribution is -0.111. The third-order valence-electron chi connectivity index (χ3n) is 3.35. The van der Waals surface area contributed by atoms with Gasteiger partial charge in [0.05, 0.1) is 5.69 Å². The number of anilines is 1. The van der Waals surface area contributed by atoms with Gasteiger partial charge in [-0.15, -0.1) is 5.10 Å². The summed E-state index contributed by atoms with van der Waals surface area (Å²) in [5, 5.41) is 14.5. The van der Waals surface area contributed by atoms with Crippen LogP contribution in [0.15, 0.2) is 54.9 Å². The van der Waals surface area contributed by atoms with Gasteiger partial charge < -0.3 is 5.32 Å². The van der Waals surface area contributed by atoms with Crippen molar-refractivity contribution in [2.75, 3.05) is 5.32 Å². The van der Waals surface area contributed by atoms with Gasteiger partial charge in [0.1, 0.15) is 6.33 Å². The summed E-state index contributed by atoms with van der Waals surface area (Å²) in [6.45, 7) is 1.93. The van der Waals surface area contributed by atoms with Crippen molar-refractivity contribution < 1.29 is 4.79 Å². The van der Waals surface area contributed by atoms with Gasteiger partial charge in [-0.05, 0) is 58.8 Å². The highest BCUT2D eigenvalue weighted by Crippen LogP contribution is 2.18. The van der Waals surface area contributed by atoms with Crippen molar-refractivity contribution in [3.05, 3.63) is 71.0 Å². The van der Waals surface area contributed by atoms with Crippen LogP contribution in [0.5, 0.6) is 0 Å². The first kappa shape index (κ1) is 15.9. The predicted molar refractivity (Wildman–Crippen MR) is 93.0 cm³/mol. The van der Waals surface area contributed by atoms with Crippen LogP contribution in [0, 0.1) is 6.92 Å². The molecule has 0 saturated carbocycles. The monoisotopic (exact) mass is 339 g/mol. The molecule has 0 aliphatic carbocycles. The fourth-order valence-electron chi connectivity index (χ4n) is 2.07. The molecule has 0 saturated heterocycles. The van der Waals surface area contributed by atoms with Gasteiger partial charge in [-0.25, -0.2) is 4.68 Å². The number of rotatable bonds is 4. The second-order valence-corrected chi connectivity index (χ2v) is 5.54. The summed E-state index contributed by atoms with van der Waals surface area (Å²) in [7, 11) is 0. The van der Waals surface area contributed by atoms with Crippen LogP contribution in [0.25, 0.3) is 11.8 Å². The number of benzene rings is 2. The van der Waals surface area contributed by atoms with Crippen molar-refractivity contribution >= 4 is 29.3 Å². The molecule has 0 unspecified atom stereocenters. The Morgan fingerprint density at radius 2 is 2.12 bits per heavy atom. The molecule has 0 atom stereocenters. The molecule has 1 N–H and O–H groups in total. The van der Waals surface area contributed by atoms with E-state index in [0.717, 1.165) is 16.8 Å². The average molecular weight is 340 g/mol. The number of aryl methyl sites for hydroxylation is 1. The van der Waals surface area contributed by atoms with E-state index in [4.69, 9.17) is 11.6 Å².